The summed E-state index contributed by atoms with van der Waals surface area (Å²) in [6, 6.07) is -0.806. The lowest BCUT2D eigenvalue weighted by Gasteiger charge is -2.07. The number of carboxylic acid groups (broad SMARTS) is 1. The van der Waals surface area contributed by atoms with Crippen molar-refractivity contribution in [2.75, 3.05) is 12.0 Å². The molecule has 0 heterocycles. The van der Waals surface area contributed by atoms with Crippen molar-refractivity contribution >= 4 is 33.5 Å². The Kier molecular flexibility index (Phi) is 6.00. The highest BCUT2D eigenvalue weighted by Crippen LogP contribution is 2.15. The van der Waals surface area contributed by atoms with Crippen LogP contribution >= 0.6 is 21.6 Å². The molecule has 1 unspecified atom stereocenters. The molecule has 0 radical (unpaired) electrons. The largest absolute Gasteiger partial charge is 0.480 e. The van der Waals surface area contributed by atoms with Crippen molar-refractivity contribution in [2.24, 2.45) is 0 Å². The molecule has 1 amide bonds. The average molecular weight is 209 g/mol. The van der Waals surface area contributed by atoms with Gasteiger partial charge in [-0.1, -0.05) is 21.6 Å². The third kappa shape index (κ3) is 5.31. The van der Waals surface area contributed by atoms with Crippen LogP contribution in [0.1, 0.15) is 6.92 Å². The number of carbonyl (C=O) groups is 2. The van der Waals surface area contributed by atoms with Crippen LogP contribution in [0.5, 0.6) is 0 Å². The minimum Gasteiger partial charge on any atom is -0.480 e. The lowest BCUT2D eigenvalue weighted by atomic mass is 10.3. The van der Waals surface area contributed by atoms with E-state index in [2.05, 4.69) is 5.32 Å². The van der Waals surface area contributed by atoms with Crippen LogP contribution in [-0.4, -0.2) is 35.0 Å². The van der Waals surface area contributed by atoms with Gasteiger partial charge in [0.05, 0.1) is 5.75 Å². The number of hydrogen-bond donors (Lipinski definition) is 2. The number of carboxylic acids is 1. The standard InChI is InChI=1S/C6H11NO3S2/c1-4(6(9)10)7-5(8)3-12-11-2/h4H,3H2,1-2H3,(H,7,8)(H,9,10). The molecule has 70 valence electrons. The van der Waals surface area contributed by atoms with E-state index in [0.717, 1.165) is 0 Å². The Morgan fingerprint density at radius 3 is 2.58 bits per heavy atom. The predicted octanol–water partition coefficient (Wildman–Crippen LogP) is 0.587. The molecule has 0 bridgehead atoms. The van der Waals surface area contributed by atoms with Gasteiger partial charge in [0.1, 0.15) is 6.04 Å². The molecule has 0 aromatic carbocycles. The van der Waals surface area contributed by atoms with E-state index in [1.54, 1.807) is 0 Å². The van der Waals surface area contributed by atoms with Crippen LogP contribution in [0, 0.1) is 0 Å². The average Bonchev–Trinajstić information content (AvgIpc) is 2.00. The number of carbonyl (C=O) groups excluding carboxylic acids is 1. The molecule has 0 aliphatic carbocycles. The molecule has 0 spiro atoms. The Morgan fingerprint density at radius 2 is 2.17 bits per heavy atom. The molecular formula is C6H11NO3S2. The van der Waals surface area contributed by atoms with Crippen molar-refractivity contribution in [3.63, 3.8) is 0 Å². The molecule has 1 atom stereocenters. The van der Waals surface area contributed by atoms with E-state index in [0.29, 0.717) is 5.75 Å². The fourth-order valence-electron chi connectivity index (χ4n) is 0.457. The van der Waals surface area contributed by atoms with Crippen LogP contribution in [-0.2, 0) is 9.59 Å². The summed E-state index contributed by atoms with van der Waals surface area (Å²) in [7, 11) is 2.86. The third-order valence-electron chi connectivity index (χ3n) is 1.06. The molecule has 0 rings (SSSR count). The Hall–Kier alpha value is -0.360. The van der Waals surface area contributed by atoms with Gasteiger partial charge in [0.2, 0.25) is 5.91 Å². The maximum atomic E-state index is 10.9. The summed E-state index contributed by atoms with van der Waals surface area (Å²) in [5.74, 6) is -0.972. The van der Waals surface area contributed by atoms with Crippen molar-refractivity contribution < 1.29 is 14.7 Å². The Morgan fingerprint density at radius 1 is 1.58 bits per heavy atom. The van der Waals surface area contributed by atoms with E-state index in [1.807, 2.05) is 6.26 Å². The van der Waals surface area contributed by atoms with E-state index in [-0.39, 0.29) is 5.91 Å². The molecule has 6 heteroatoms. The van der Waals surface area contributed by atoms with Gasteiger partial charge in [-0.15, -0.1) is 0 Å². The summed E-state index contributed by atoms with van der Waals surface area (Å²) in [4.78, 5) is 21.2. The van der Waals surface area contributed by atoms with Gasteiger partial charge in [0.25, 0.3) is 0 Å². The molecule has 0 aliphatic heterocycles. The number of hydrogen-bond acceptors (Lipinski definition) is 4. The summed E-state index contributed by atoms with van der Waals surface area (Å²) >= 11 is 0. The summed E-state index contributed by atoms with van der Waals surface area (Å²) in [5.41, 5.74) is 0. The predicted molar refractivity (Wildman–Crippen MR) is 51.2 cm³/mol. The molecule has 0 aromatic heterocycles. The number of amides is 1. The zero-order valence-corrected chi connectivity index (χ0v) is 8.50. The van der Waals surface area contributed by atoms with Crippen LogP contribution in [0.4, 0.5) is 0 Å². The fraction of sp³-hybridized carbons (Fsp3) is 0.667. The van der Waals surface area contributed by atoms with Crippen LogP contribution in [0.3, 0.4) is 0 Å². The molecule has 0 aliphatic rings. The summed E-state index contributed by atoms with van der Waals surface area (Å²) < 4.78 is 0. The van der Waals surface area contributed by atoms with Crippen molar-refractivity contribution in [3.05, 3.63) is 0 Å². The van der Waals surface area contributed by atoms with Crippen LogP contribution in [0.25, 0.3) is 0 Å². The van der Waals surface area contributed by atoms with Gasteiger partial charge < -0.3 is 10.4 Å². The summed E-state index contributed by atoms with van der Waals surface area (Å²) in [6.07, 6.45) is 1.86. The normalized spacial score (nSPS) is 12.2. The Bertz CT molecular complexity index is 174. The minimum absolute atomic E-state index is 0.246. The summed E-state index contributed by atoms with van der Waals surface area (Å²) in [5, 5.41) is 10.8. The van der Waals surface area contributed by atoms with E-state index < -0.39 is 12.0 Å². The van der Waals surface area contributed by atoms with Gasteiger partial charge in [0.15, 0.2) is 0 Å². The van der Waals surface area contributed by atoms with Gasteiger partial charge in [-0.2, -0.15) is 0 Å². The maximum absolute atomic E-state index is 10.9. The number of nitrogens with one attached hydrogen (secondary N) is 1. The SMILES string of the molecule is CSSCC(=O)NC(C)C(=O)O. The fourth-order valence-corrected chi connectivity index (χ4v) is 1.44. The van der Waals surface area contributed by atoms with Crippen molar-refractivity contribution in [3.8, 4) is 0 Å². The summed E-state index contributed by atoms with van der Waals surface area (Å²) in [6.45, 7) is 1.43. The van der Waals surface area contributed by atoms with Crippen LogP contribution < -0.4 is 5.32 Å². The first kappa shape index (κ1) is 11.6. The Balaban J connectivity index is 3.61. The maximum Gasteiger partial charge on any atom is 0.325 e. The second kappa shape index (κ2) is 6.19. The lowest BCUT2D eigenvalue weighted by molar-refractivity contribution is -0.140. The zero-order valence-electron chi connectivity index (χ0n) is 6.86. The minimum atomic E-state index is -1.02. The third-order valence-corrected chi connectivity index (χ3v) is 2.73. The first-order valence-electron chi connectivity index (χ1n) is 3.25. The molecule has 0 aromatic rings. The van der Waals surface area contributed by atoms with Crippen molar-refractivity contribution in [1.82, 2.24) is 5.32 Å². The van der Waals surface area contributed by atoms with Gasteiger partial charge in [-0.05, 0) is 13.2 Å². The van der Waals surface area contributed by atoms with E-state index >= 15 is 0 Å². The van der Waals surface area contributed by atoms with Gasteiger partial charge in [0, 0.05) is 0 Å². The van der Waals surface area contributed by atoms with E-state index in [4.69, 9.17) is 5.11 Å². The smallest absolute Gasteiger partial charge is 0.325 e. The van der Waals surface area contributed by atoms with E-state index in [1.165, 1.54) is 28.5 Å². The Labute approximate surface area is 78.9 Å². The van der Waals surface area contributed by atoms with E-state index in [9.17, 15) is 9.59 Å². The van der Waals surface area contributed by atoms with Crippen molar-refractivity contribution in [2.45, 2.75) is 13.0 Å². The van der Waals surface area contributed by atoms with Gasteiger partial charge in [-0.25, -0.2) is 0 Å². The molecule has 0 saturated carbocycles. The van der Waals surface area contributed by atoms with Gasteiger partial charge in [-0.3, -0.25) is 9.59 Å². The highest BCUT2D eigenvalue weighted by Gasteiger charge is 2.12. The lowest BCUT2D eigenvalue weighted by Crippen LogP contribution is -2.39. The first-order chi connectivity index (χ1) is 5.57. The highest BCUT2D eigenvalue weighted by molar-refractivity contribution is 8.76. The topological polar surface area (TPSA) is 66.4 Å². The number of rotatable bonds is 5. The first-order valence-corrected chi connectivity index (χ1v) is 5.98. The molecule has 0 fully saturated rings. The molecule has 0 saturated heterocycles. The number of aliphatic carboxylic acids is 1. The molecule has 12 heavy (non-hydrogen) atoms. The van der Waals surface area contributed by atoms with Crippen molar-refractivity contribution in [1.29, 1.82) is 0 Å². The highest BCUT2D eigenvalue weighted by atomic mass is 33.1. The quantitative estimate of drug-likeness (QED) is 0.649. The van der Waals surface area contributed by atoms with Gasteiger partial charge >= 0.3 is 5.97 Å². The molecule has 4 nitrogen and oxygen atoms in total. The second-order valence-corrected chi connectivity index (χ2v) is 4.62. The van der Waals surface area contributed by atoms with Crippen LogP contribution in [0.2, 0.25) is 0 Å². The second-order valence-electron chi connectivity index (χ2n) is 2.06. The zero-order chi connectivity index (χ0) is 9.56. The molecular weight excluding hydrogens is 198 g/mol. The monoisotopic (exact) mass is 209 g/mol. The van der Waals surface area contributed by atoms with Crippen LogP contribution in [0.15, 0.2) is 0 Å². The molecule has 2 N–H and O–H groups in total.